The number of ether oxygens (including phenoxy) is 1. The topological polar surface area (TPSA) is 39.1 Å². The largest absolute Gasteiger partial charge is 0.375 e. The Bertz CT molecular complexity index is 350. The summed E-state index contributed by atoms with van der Waals surface area (Å²) < 4.78 is 7.64. The summed E-state index contributed by atoms with van der Waals surface area (Å²) in [6.45, 7) is 5.22. The van der Waals surface area contributed by atoms with E-state index in [1.165, 1.54) is 0 Å². The molecule has 1 N–H and O–H groups in total. The second kappa shape index (κ2) is 4.45. The lowest BCUT2D eigenvalue weighted by Gasteiger charge is -2.38. The van der Waals surface area contributed by atoms with Gasteiger partial charge in [-0.15, -0.1) is 0 Å². The van der Waals surface area contributed by atoms with Gasteiger partial charge in [-0.3, -0.25) is 4.68 Å². The normalized spacial score (nSPS) is 30.3. The minimum absolute atomic E-state index is 0.0324. The monoisotopic (exact) mass is 223 g/mol. The summed E-state index contributed by atoms with van der Waals surface area (Å²) in [5, 5.41) is 7.82. The van der Waals surface area contributed by atoms with E-state index < -0.39 is 0 Å². The molecule has 2 unspecified atom stereocenters. The quantitative estimate of drug-likeness (QED) is 0.853. The molecule has 1 fully saturated rings. The van der Waals surface area contributed by atoms with Gasteiger partial charge in [-0.2, -0.15) is 5.10 Å². The summed E-state index contributed by atoms with van der Waals surface area (Å²) in [5.41, 5.74) is 0.0324. The van der Waals surface area contributed by atoms with Crippen molar-refractivity contribution in [2.24, 2.45) is 7.05 Å². The Labute approximate surface area is 97.0 Å². The van der Waals surface area contributed by atoms with E-state index in [1.807, 2.05) is 24.0 Å². The Morgan fingerprint density at radius 2 is 2.50 bits per heavy atom. The van der Waals surface area contributed by atoms with E-state index in [9.17, 15) is 0 Å². The Morgan fingerprint density at radius 1 is 1.69 bits per heavy atom. The zero-order valence-electron chi connectivity index (χ0n) is 10.4. The molecule has 0 spiro atoms. The van der Waals surface area contributed by atoms with Crippen LogP contribution in [-0.2, 0) is 11.8 Å². The van der Waals surface area contributed by atoms with Gasteiger partial charge in [0.15, 0.2) is 0 Å². The molecular formula is C12H21N3O. The molecule has 2 rings (SSSR count). The van der Waals surface area contributed by atoms with Crippen LogP contribution in [0.4, 0.5) is 5.82 Å². The molecule has 2 atom stereocenters. The first-order valence-electron chi connectivity index (χ1n) is 6.01. The van der Waals surface area contributed by atoms with Crippen molar-refractivity contribution < 1.29 is 4.74 Å². The Hall–Kier alpha value is -1.03. The van der Waals surface area contributed by atoms with Gasteiger partial charge in [0.1, 0.15) is 5.82 Å². The molecule has 1 saturated heterocycles. The van der Waals surface area contributed by atoms with Gasteiger partial charge in [-0.1, -0.05) is 6.92 Å². The number of aryl methyl sites for hydroxylation is 1. The maximum atomic E-state index is 5.82. The lowest BCUT2D eigenvalue weighted by Crippen LogP contribution is -2.41. The molecule has 4 heteroatoms. The third-order valence-corrected chi connectivity index (χ3v) is 3.41. The highest BCUT2D eigenvalue weighted by atomic mass is 16.5. The number of anilines is 1. The van der Waals surface area contributed by atoms with Crippen LogP contribution in [0.15, 0.2) is 12.3 Å². The van der Waals surface area contributed by atoms with Crippen LogP contribution in [0.3, 0.4) is 0 Å². The second-order valence-corrected chi connectivity index (χ2v) is 4.86. The maximum Gasteiger partial charge on any atom is 0.148 e. The van der Waals surface area contributed by atoms with Crippen LogP contribution in [0.5, 0.6) is 0 Å². The molecule has 1 aliphatic heterocycles. The highest BCUT2D eigenvalue weighted by molar-refractivity contribution is 5.33. The average molecular weight is 223 g/mol. The van der Waals surface area contributed by atoms with E-state index in [2.05, 4.69) is 24.3 Å². The van der Waals surface area contributed by atoms with Crippen LogP contribution in [-0.4, -0.2) is 28.0 Å². The number of nitrogens with one attached hydrogen (secondary N) is 1. The van der Waals surface area contributed by atoms with Crippen molar-refractivity contribution in [3.05, 3.63) is 12.3 Å². The van der Waals surface area contributed by atoms with Crippen LogP contribution in [0.2, 0.25) is 0 Å². The third kappa shape index (κ3) is 2.55. The highest BCUT2D eigenvalue weighted by Crippen LogP contribution is 2.29. The molecule has 0 bridgehead atoms. The first kappa shape index (κ1) is 11.5. The lowest BCUT2D eigenvalue weighted by atomic mass is 9.90. The van der Waals surface area contributed by atoms with E-state index in [0.29, 0.717) is 6.04 Å². The summed E-state index contributed by atoms with van der Waals surface area (Å²) in [6.07, 6.45) is 5.14. The summed E-state index contributed by atoms with van der Waals surface area (Å²) in [5.74, 6) is 0.966. The van der Waals surface area contributed by atoms with Gasteiger partial charge in [0, 0.05) is 32.0 Å². The van der Waals surface area contributed by atoms with Gasteiger partial charge in [-0.05, 0) is 26.2 Å². The van der Waals surface area contributed by atoms with Gasteiger partial charge in [0.2, 0.25) is 0 Å². The molecule has 16 heavy (non-hydrogen) atoms. The minimum atomic E-state index is 0.0324. The predicted molar refractivity (Wildman–Crippen MR) is 64.5 cm³/mol. The van der Waals surface area contributed by atoms with E-state index in [1.54, 1.807) is 0 Å². The smallest absolute Gasteiger partial charge is 0.148 e. The zero-order chi connectivity index (χ0) is 11.6. The minimum Gasteiger partial charge on any atom is -0.375 e. The molecule has 1 aromatic rings. The summed E-state index contributed by atoms with van der Waals surface area (Å²) >= 11 is 0. The van der Waals surface area contributed by atoms with Crippen LogP contribution in [0.1, 0.15) is 33.1 Å². The summed E-state index contributed by atoms with van der Waals surface area (Å²) in [6, 6.07) is 2.49. The van der Waals surface area contributed by atoms with E-state index in [-0.39, 0.29) is 5.60 Å². The van der Waals surface area contributed by atoms with Crippen molar-refractivity contribution in [1.82, 2.24) is 9.78 Å². The van der Waals surface area contributed by atoms with Gasteiger partial charge < -0.3 is 10.1 Å². The third-order valence-electron chi connectivity index (χ3n) is 3.41. The van der Waals surface area contributed by atoms with Crippen molar-refractivity contribution >= 4 is 5.82 Å². The van der Waals surface area contributed by atoms with Crippen molar-refractivity contribution in [3.8, 4) is 0 Å². The average Bonchev–Trinajstić information content (AvgIpc) is 2.64. The molecule has 2 heterocycles. The van der Waals surface area contributed by atoms with Crippen LogP contribution in [0, 0.1) is 0 Å². The van der Waals surface area contributed by atoms with Gasteiger partial charge in [0.05, 0.1) is 5.60 Å². The number of aromatic nitrogens is 2. The van der Waals surface area contributed by atoms with E-state index in [4.69, 9.17) is 4.74 Å². The lowest BCUT2D eigenvalue weighted by molar-refractivity contribution is -0.0709. The summed E-state index contributed by atoms with van der Waals surface area (Å²) in [4.78, 5) is 0. The Kier molecular flexibility index (Phi) is 3.19. The molecule has 0 saturated carbocycles. The first-order valence-corrected chi connectivity index (χ1v) is 6.01. The van der Waals surface area contributed by atoms with Crippen molar-refractivity contribution in [1.29, 1.82) is 0 Å². The van der Waals surface area contributed by atoms with Crippen molar-refractivity contribution in [3.63, 3.8) is 0 Å². The number of hydrogen-bond acceptors (Lipinski definition) is 3. The SMILES string of the molecule is CCC1(C)CC(Nc2ccn(C)n2)CCO1. The molecule has 1 aromatic heterocycles. The fourth-order valence-electron chi connectivity index (χ4n) is 2.20. The van der Waals surface area contributed by atoms with Gasteiger partial charge in [-0.25, -0.2) is 0 Å². The molecule has 1 aliphatic rings. The predicted octanol–water partition coefficient (Wildman–Crippen LogP) is 2.18. The van der Waals surface area contributed by atoms with Crippen molar-refractivity contribution in [2.75, 3.05) is 11.9 Å². The van der Waals surface area contributed by atoms with Crippen LogP contribution >= 0.6 is 0 Å². The highest BCUT2D eigenvalue weighted by Gasteiger charge is 2.31. The second-order valence-electron chi connectivity index (χ2n) is 4.86. The van der Waals surface area contributed by atoms with Crippen LogP contribution in [0.25, 0.3) is 0 Å². The first-order chi connectivity index (χ1) is 7.61. The van der Waals surface area contributed by atoms with E-state index in [0.717, 1.165) is 31.7 Å². The number of nitrogens with zero attached hydrogens (tertiary/aromatic N) is 2. The van der Waals surface area contributed by atoms with Gasteiger partial charge >= 0.3 is 0 Å². The Morgan fingerprint density at radius 3 is 3.12 bits per heavy atom. The molecule has 90 valence electrons. The van der Waals surface area contributed by atoms with Gasteiger partial charge in [0.25, 0.3) is 0 Å². The standard InChI is InChI=1S/C12H21N3O/c1-4-12(2)9-10(6-8-16-12)13-11-5-7-15(3)14-11/h5,7,10H,4,6,8-9H2,1-3H3,(H,13,14). The zero-order valence-corrected chi connectivity index (χ0v) is 10.4. The fourth-order valence-corrected chi connectivity index (χ4v) is 2.20. The fraction of sp³-hybridized carbons (Fsp3) is 0.750. The number of hydrogen-bond donors (Lipinski definition) is 1. The Balaban J connectivity index is 1.95. The molecule has 0 aliphatic carbocycles. The molecule has 4 nitrogen and oxygen atoms in total. The molecular weight excluding hydrogens is 202 g/mol. The summed E-state index contributed by atoms with van der Waals surface area (Å²) in [7, 11) is 1.94. The molecule has 0 aromatic carbocycles. The van der Waals surface area contributed by atoms with Crippen LogP contribution < -0.4 is 5.32 Å². The van der Waals surface area contributed by atoms with Crippen molar-refractivity contribution in [2.45, 2.75) is 44.8 Å². The van der Waals surface area contributed by atoms with E-state index >= 15 is 0 Å². The molecule has 0 radical (unpaired) electrons. The number of rotatable bonds is 3. The molecule has 0 amide bonds. The maximum absolute atomic E-state index is 5.82.